The fourth-order valence-corrected chi connectivity index (χ4v) is 5.16. The van der Waals surface area contributed by atoms with E-state index >= 15 is 0 Å². The molecule has 1 atom stereocenters. The molecule has 1 unspecified atom stereocenters. The summed E-state index contributed by atoms with van der Waals surface area (Å²) in [6.45, 7) is 6.84. The number of esters is 2. The summed E-state index contributed by atoms with van der Waals surface area (Å²) < 4.78 is 10.1. The third-order valence-electron chi connectivity index (χ3n) is 5.33. The molecule has 1 aliphatic carbocycles. The van der Waals surface area contributed by atoms with Gasteiger partial charge in [-0.2, -0.15) is 5.26 Å². The van der Waals surface area contributed by atoms with Crippen LogP contribution in [0, 0.1) is 31.1 Å². The Morgan fingerprint density at radius 1 is 1.26 bits per heavy atom. The van der Waals surface area contributed by atoms with Crippen molar-refractivity contribution in [1.29, 1.82) is 5.26 Å². The molecule has 0 bridgehead atoms. The molecule has 2 heterocycles. The standard InChI is InChI=1S/C22H25N3O5S/c1-5-29-22(28)19-12(3)18(13(4)24-19)21(27)30-10-17(26)25-20-15(9-23)14-7-6-11(2)8-16(14)31-20/h11,24H,5-8,10H2,1-4H3,(H,25,26). The van der Waals surface area contributed by atoms with Crippen molar-refractivity contribution in [3.05, 3.63) is 38.5 Å². The first-order chi connectivity index (χ1) is 14.8. The summed E-state index contributed by atoms with van der Waals surface area (Å²) >= 11 is 1.41. The van der Waals surface area contributed by atoms with Crippen molar-refractivity contribution in [2.75, 3.05) is 18.5 Å². The van der Waals surface area contributed by atoms with E-state index in [2.05, 4.69) is 23.3 Å². The molecule has 0 fully saturated rings. The monoisotopic (exact) mass is 443 g/mol. The van der Waals surface area contributed by atoms with Crippen LogP contribution in [0.3, 0.4) is 0 Å². The number of anilines is 1. The third-order valence-corrected chi connectivity index (χ3v) is 6.50. The number of hydrogen-bond donors (Lipinski definition) is 2. The Bertz CT molecular complexity index is 1080. The smallest absolute Gasteiger partial charge is 0.355 e. The van der Waals surface area contributed by atoms with Crippen LogP contribution >= 0.6 is 11.3 Å². The minimum absolute atomic E-state index is 0.188. The van der Waals surface area contributed by atoms with Gasteiger partial charge in [0.05, 0.1) is 17.7 Å². The molecule has 0 spiro atoms. The molecule has 164 valence electrons. The molecule has 31 heavy (non-hydrogen) atoms. The number of aromatic amines is 1. The van der Waals surface area contributed by atoms with Crippen LogP contribution in [0.25, 0.3) is 0 Å². The van der Waals surface area contributed by atoms with Crippen LogP contribution in [0.2, 0.25) is 0 Å². The quantitative estimate of drug-likeness (QED) is 0.657. The summed E-state index contributed by atoms with van der Waals surface area (Å²) in [7, 11) is 0. The summed E-state index contributed by atoms with van der Waals surface area (Å²) in [5, 5.41) is 12.7. The Morgan fingerprint density at radius 2 is 2.00 bits per heavy atom. The molecule has 2 N–H and O–H groups in total. The number of nitriles is 1. The van der Waals surface area contributed by atoms with Crippen LogP contribution in [0.15, 0.2) is 0 Å². The van der Waals surface area contributed by atoms with Crippen molar-refractivity contribution in [2.45, 2.75) is 47.0 Å². The van der Waals surface area contributed by atoms with Crippen LogP contribution in [0.5, 0.6) is 0 Å². The molecule has 3 rings (SSSR count). The molecule has 2 aromatic heterocycles. The SMILES string of the molecule is CCOC(=O)c1[nH]c(C)c(C(=O)OCC(=O)Nc2sc3c(c2C#N)CCC(C)C3)c1C. The number of H-pyrrole nitrogens is 1. The van der Waals surface area contributed by atoms with Gasteiger partial charge in [0.25, 0.3) is 5.91 Å². The minimum atomic E-state index is -0.711. The van der Waals surface area contributed by atoms with E-state index in [-0.39, 0.29) is 17.9 Å². The Kier molecular flexibility index (Phi) is 6.81. The average Bonchev–Trinajstić information content (AvgIpc) is 3.21. The molecule has 0 saturated carbocycles. The van der Waals surface area contributed by atoms with Crippen molar-refractivity contribution in [1.82, 2.24) is 4.98 Å². The highest BCUT2D eigenvalue weighted by atomic mass is 32.1. The van der Waals surface area contributed by atoms with E-state index < -0.39 is 24.5 Å². The molecule has 1 amide bonds. The van der Waals surface area contributed by atoms with Crippen LogP contribution in [0.4, 0.5) is 5.00 Å². The first kappa shape index (κ1) is 22.6. The molecule has 0 radical (unpaired) electrons. The van der Waals surface area contributed by atoms with Gasteiger partial charge in [0.2, 0.25) is 0 Å². The lowest BCUT2D eigenvalue weighted by molar-refractivity contribution is -0.119. The topological polar surface area (TPSA) is 121 Å². The van der Waals surface area contributed by atoms with Crippen LogP contribution in [-0.2, 0) is 27.1 Å². The Balaban J connectivity index is 1.67. The third kappa shape index (κ3) is 4.64. The van der Waals surface area contributed by atoms with Gasteiger partial charge in [-0.05, 0) is 57.1 Å². The highest BCUT2D eigenvalue weighted by molar-refractivity contribution is 7.16. The van der Waals surface area contributed by atoms with E-state index in [1.54, 1.807) is 20.8 Å². The Morgan fingerprint density at radius 3 is 2.68 bits per heavy atom. The lowest BCUT2D eigenvalue weighted by atomic mass is 9.89. The van der Waals surface area contributed by atoms with Gasteiger partial charge in [0.15, 0.2) is 6.61 Å². The normalized spacial score (nSPS) is 15.0. The second-order valence-corrected chi connectivity index (χ2v) is 8.74. The average molecular weight is 444 g/mol. The number of aryl methyl sites for hydroxylation is 1. The van der Waals surface area contributed by atoms with E-state index in [0.29, 0.717) is 27.7 Å². The van der Waals surface area contributed by atoms with E-state index in [4.69, 9.17) is 9.47 Å². The van der Waals surface area contributed by atoms with Crippen molar-refractivity contribution >= 4 is 34.2 Å². The largest absolute Gasteiger partial charge is 0.461 e. The van der Waals surface area contributed by atoms with Crippen molar-refractivity contribution in [3.8, 4) is 6.07 Å². The fraction of sp³-hybridized carbons (Fsp3) is 0.455. The van der Waals surface area contributed by atoms with Gasteiger partial charge >= 0.3 is 11.9 Å². The highest BCUT2D eigenvalue weighted by Gasteiger charge is 2.26. The number of ether oxygens (including phenoxy) is 2. The van der Waals surface area contributed by atoms with Gasteiger partial charge in [-0.1, -0.05) is 6.92 Å². The number of amides is 1. The van der Waals surface area contributed by atoms with Crippen LogP contribution in [-0.4, -0.2) is 36.0 Å². The van der Waals surface area contributed by atoms with Crippen LogP contribution in [0.1, 0.15) is 68.4 Å². The van der Waals surface area contributed by atoms with Crippen molar-refractivity contribution in [3.63, 3.8) is 0 Å². The molecule has 0 aliphatic heterocycles. The summed E-state index contributed by atoms with van der Waals surface area (Å²) in [5.41, 5.74) is 2.78. The number of nitrogens with one attached hydrogen (secondary N) is 2. The number of rotatable bonds is 6. The molecule has 8 nitrogen and oxygen atoms in total. The van der Waals surface area contributed by atoms with Gasteiger partial charge in [0, 0.05) is 10.6 Å². The molecule has 1 aliphatic rings. The number of hydrogen-bond acceptors (Lipinski definition) is 7. The second kappa shape index (κ2) is 9.35. The highest BCUT2D eigenvalue weighted by Crippen LogP contribution is 2.39. The zero-order valence-corrected chi connectivity index (χ0v) is 18.8. The Hall–Kier alpha value is -3.12. The zero-order valence-electron chi connectivity index (χ0n) is 18.0. The van der Waals surface area contributed by atoms with E-state index in [9.17, 15) is 19.6 Å². The lowest BCUT2D eigenvalue weighted by Gasteiger charge is -2.17. The number of nitrogens with zero attached hydrogens (tertiary/aromatic N) is 1. The molecular weight excluding hydrogens is 418 g/mol. The van der Waals surface area contributed by atoms with Gasteiger partial charge < -0.3 is 19.8 Å². The maximum atomic E-state index is 12.5. The second-order valence-electron chi connectivity index (χ2n) is 7.64. The molecule has 2 aromatic rings. The fourth-order valence-electron chi connectivity index (χ4n) is 3.79. The predicted octanol–water partition coefficient (Wildman–Crippen LogP) is 3.66. The van der Waals surface area contributed by atoms with Crippen molar-refractivity contribution in [2.24, 2.45) is 5.92 Å². The zero-order chi connectivity index (χ0) is 22.7. The summed E-state index contributed by atoms with van der Waals surface area (Å²) in [4.78, 5) is 40.9. The lowest BCUT2D eigenvalue weighted by Crippen LogP contribution is -2.21. The van der Waals surface area contributed by atoms with Gasteiger partial charge in [0.1, 0.15) is 16.8 Å². The van der Waals surface area contributed by atoms with Gasteiger partial charge in [-0.15, -0.1) is 11.3 Å². The number of fused-ring (bicyclic) bond motifs is 1. The molecular formula is C22H25N3O5S. The summed E-state index contributed by atoms with van der Waals surface area (Å²) in [6, 6.07) is 2.19. The number of aromatic nitrogens is 1. The maximum Gasteiger partial charge on any atom is 0.355 e. The number of thiophene rings is 1. The maximum absolute atomic E-state index is 12.5. The summed E-state index contributed by atoms with van der Waals surface area (Å²) in [5.74, 6) is -1.24. The number of carbonyl (C=O) groups excluding carboxylic acids is 3. The molecule has 0 aromatic carbocycles. The number of carbonyl (C=O) groups is 3. The van der Waals surface area contributed by atoms with Crippen molar-refractivity contribution < 1.29 is 23.9 Å². The first-order valence-corrected chi connectivity index (χ1v) is 11.0. The first-order valence-electron chi connectivity index (χ1n) is 10.1. The van der Waals surface area contributed by atoms with Gasteiger partial charge in [-0.25, -0.2) is 9.59 Å². The predicted molar refractivity (Wildman–Crippen MR) is 115 cm³/mol. The Labute approximate surface area is 184 Å². The van der Waals surface area contributed by atoms with Crippen LogP contribution < -0.4 is 5.32 Å². The molecule has 0 saturated heterocycles. The van der Waals surface area contributed by atoms with E-state index in [1.807, 2.05) is 0 Å². The van der Waals surface area contributed by atoms with Gasteiger partial charge in [-0.3, -0.25) is 4.79 Å². The molecule has 9 heteroatoms. The van der Waals surface area contributed by atoms with E-state index in [0.717, 1.165) is 29.7 Å². The summed E-state index contributed by atoms with van der Waals surface area (Å²) in [6.07, 6.45) is 2.75. The van der Waals surface area contributed by atoms with E-state index in [1.165, 1.54) is 11.3 Å². The minimum Gasteiger partial charge on any atom is -0.461 e.